The van der Waals surface area contributed by atoms with E-state index in [1.54, 1.807) is 30.3 Å². The smallest absolute Gasteiger partial charge is 0.306 e. The van der Waals surface area contributed by atoms with Crippen molar-refractivity contribution in [3.05, 3.63) is 83.4 Å². The van der Waals surface area contributed by atoms with Crippen LogP contribution in [0.4, 0.5) is 11.4 Å². The van der Waals surface area contributed by atoms with Crippen LogP contribution >= 0.6 is 0 Å². The van der Waals surface area contributed by atoms with Gasteiger partial charge in [-0.3, -0.25) is 14.4 Å². The minimum absolute atomic E-state index is 0.0566. The van der Waals surface area contributed by atoms with Crippen molar-refractivity contribution in [1.29, 1.82) is 0 Å². The van der Waals surface area contributed by atoms with Crippen molar-refractivity contribution < 1.29 is 23.9 Å². The van der Waals surface area contributed by atoms with Gasteiger partial charge in [-0.25, -0.2) is 0 Å². The lowest BCUT2D eigenvalue weighted by Gasteiger charge is -2.12. The quantitative estimate of drug-likeness (QED) is 0.423. The topological polar surface area (TPSA) is 93.7 Å². The zero-order valence-corrected chi connectivity index (χ0v) is 19.5. The summed E-state index contributed by atoms with van der Waals surface area (Å²) in [6.45, 7) is 5.47. The molecule has 2 amide bonds. The van der Waals surface area contributed by atoms with Crippen LogP contribution in [-0.4, -0.2) is 24.4 Å². The average Bonchev–Trinajstić information content (AvgIpc) is 2.80. The average molecular weight is 461 g/mol. The summed E-state index contributed by atoms with van der Waals surface area (Å²) >= 11 is 0. The summed E-state index contributed by atoms with van der Waals surface area (Å²) in [4.78, 5) is 36.0. The molecule has 0 atom stereocenters. The van der Waals surface area contributed by atoms with E-state index in [9.17, 15) is 14.4 Å². The molecular formula is C27H28N2O5. The number of amides is 2. The Morgan fingerprint density at radius 3 is 2.06 bits per heavy atom. The lowest BCUT2D eigenvalue weighted by Crippen LogP contribution is -2.21. The number of hydrogen-bond donors (Lipinski definition) is 2. The van der Waals surface area contributed by atoms with Crippen molar-refractivity contribution in [2.24, 2.45) is 0 Å². The van der Waals surface area contributed by atoms with Crippen LogP contribution in [0.3, 0.4) is 0 Å². The normalized spacial score (nSPS) is 10.3. The van der Waals surface area contributed by atoms with Gasteiger partial charge in [-0.1, -0.05) is 30.3 Å². The zero-order valence-electron chi connectivity index (χ0n) is 19.5. The third kappa shape index (κ3) is 7.48. The summed E-state index contributed by atoms with van der Waals surface area (Å²) in [5, 5.41) is 5.39. The van der Waals surface area contributed by atoms with E-state index in [1.807, 2.05) is 57.2 Å². The van der Waals surface area contributed by atoms with Gasteiger partial charge in [-0.2, -0.15) is 0 Å². The highest BCUT2D eigenvalue weighted by Gasteiger charge is 2.11. The van der Waals surface area contributed by atoms with Gasteiger partial charge in [0.15, 0.2) is 6.61 Å². The van der Waals surface area contributed by atoms with Gasteiger partial charge in [0.2, 0.25) is 5.91 Å². The number of aryl methyl sites for hydroxylation is 3. The zero-order chi connectivity index (χ0) is 24.5. The fraction of sp³-hybridized carbons (Fsp3) is 0.222. The Morgan fingerprint density at radius 1 is 0.735 bits per heavy atom. The van der Waals surface area contributed by atoms with Crippen molar-refractivity contribution in [1.82, 2.24) is 0 Å². The minimum atomic E-state index is -0.619. The predicted molar refractivity (Wildman–Crippen MR) is 131 cm³/mol. The number of anilines is 2. The molecule has 0 fully saturated rings. The Balaban J connectivity index is 1.39. The van der Waals surface area contributed by atoms with Crippen LogP contribution in [0, 0.1) is 20.8 Å². The molecule has 0 aromatic heterocycles. The monoisotopic (exact) mass is 460 g/mol. The van der Waals surface area contributed by atoms with Crippen molar-refractivity contribution in [2.45, 2.75) is 33.6 Å². The molecule has 176 valence electrons. The van der Waals surface area contributed by atoms with Crippen LogP contribution in [-0.2, 0) is 19.1 Å². The van der Waals surface area contributed by atoms with E-state index in [-0.39, 0.29) is 18.7 Å². The number of ether oxygens (including phenoxy) is 2. The number of rotatable bonds is 9. The number of benzene rings is 3. The maximum absolute atomic E-state index is 12.2. The molecule has 0 aliphatic rings. The number of hydrogen-bond acceptors (Lipinski definition) is 5. The number of nitrogens with one attached hydrogen (secondary N) is 2. The van der Waals surface area contributed by atoms with Gasteiger partial charge in [-0.15, -0.1) is 0 Å². The third-order valence-electron chi connectivity index (χ3n) is 4.99. The second-order valence-corrected chi connectivity index (χ2v) is 7.97. The Kier molecular flexibility index (Phi) is 8.40. The van der Waals surface area contributed by atoms with E-state index in [2.05, 4.69) is 10.6 Å². The molecule has 0 aliphatic heterocycles. The summed E-state index contributed by atoms with van der Waals surface area (Å²) in [6, 6.07) is 20.2. The summed E-state index contributed by atoms with van der Waals surface area (Å²) in [5.41, 5.74) is 4.30. The Bertz CT molecular complexity index is 1150. The maximum Gasteiger partial charge on any atom is 0.306 e. The number of para-hydroxylation sites is 1. The van der Waals surface area contributed by atoms with E-state index in [1.165, 1.54) is 0 Å². The molecule has 0 saturated carbocycles. The molecule has 7 nitrogen and oxygen atoms in total. The largest absolute Gasteiger partial charge is 0.457 e. The molecule has 2 N–H and O–H groups in total. The number of carbonyl (C=O) groups is 3. The first-order valence-electron chi connectivity index (χ1n) is 11.0. The molecule has 3 aromatic carbocycles. The fourth-order valence-corrected chi connectivity index (χ4v) is 3.26. The second kappa shape index (κ2) is 11.7. The van der Waals surface area contributed by atoms with Crippen LogP contribution in [0.25, 0.3) is 0 Å². The Morgan fingerprint density at radius 2 is 1.38 bits per heavy atom. The predicted octanol–water partition coefficient (Wildman–Crippen LogP) is 5.30. The third-order valence-corrected chi connectivity index (χ3v) is 4.99. The van der Waals surface area contributed by atoms with Crippen molar-refractivity contribution in [2.75, 3.05) is 17.2 Å². The first-order valence-corrected chi connectivity index (χ1v) is 11.0. The van der Waals surface area contributed by atoms with Crippen molar-refractivity contribution >= 4 is 29.2 Å². The minimum Gasteiger partial charge on any atom is -0.457 e. The standard InChI is InChI=1S/C27H28N2O5/c1-18-6-4-9-22(16-18)29-25(31)17-33-26(32)15-14-24(30)28-21-10-12-23(13-11-21)34-27-19(2)7-5-8-20(27)3/h4-13,16H,14-15,17H2,1-3H3,(H,28,30)(H,29,31). The summed E-state index contributed by atoms with van der Waals surface area (Å²) in [6.07, 6.45) is -0.184. The van der Waals surface area contributed by atoms with Crippen LogP contribution in [0.15, 0.2) is 66.7 Å². The highest BCUT2D eigenvalue weighted by Crippen LogP contribution is 2.29. The van der Waals surface area contributed by atoms with Crippen LogP contribution < -0.4 is 15.4 Å². The van der Waals surface area contributed by atoms with Gasteiger partial charge >= 0.3 is 5.97 Å². The molecule has 0 aliphatic carbocycles. The van der Waals surface area contributed by atoms with Gasteiger partial charge in [0, 0.05) is 17.8 Å². The molecule has 0 spiro atoms. The lowest BCUT2D eigenvalue weighted by molar-refractivity contribution is -0.147. The van der Waals surface area contributed by atoms with Crippen LogP contribution in [0.5, 0.6) is 11.5 Å². The van der Waals surface area contributed by atoms with E-state index in [0.717, 1.165) is 22.4 Å². The Labute approximate surface area is 199 Å². The highest BCUT2D eigenvalue weighted by molar-refractivity contribution is 5.94. The molecule has 3 aromatic rings. The summed E-state index contributed by atoms with van der Waals surface area (Å²) in [7, 11) is 0. The van der Waals surface area contributed by atoms with Gasteiger partial charge in [0.05, 0.1) is 6.42 Å². The van der Waals surface area contributed by atoms with Crippen LogP contribution in [0.2, 0.25) is 0 Å². The molecule has 3 rings (SSSR count). The van der Waals surface area contributed by atoms with E-state index >= 15 is 0 Å². The lowest BCUT2D eigenvalue weighted by atomic mass is 10.1. The Hall–Kier alpha value is -4.13. The van der Waals surface area contributed by atoms with E-state index in [0.29, 0.717) is 17.1 Å². The molecule has 34 heavy (non-hydrogen) atoms. The molecule has 0 bridgehead atoms. The molecule has 0 saturated heterocycles. The number of carbonyl (C=O) groups excluding carboxylic acids is 3. The summed E-state index contributed by atoms with van der Waals surface area (Å²) in [5.74, 6) is 0.0800. The van der Waals surface area contributed by atoms with E-state index in [4.69, 9.17) is 9.47 Å². The second-order valence-electron chi connectivity index (χ2n) is 7.97. The van der Waals surface area contributed by atoms with E-state index < -0.39 is 18.5 Å². The molecule has 0 unspecified atom stereocenters. The van der Waals surface area contributed by atoms with Crippen LogP contribution in [0.1, 0.15) is 29.5 Å². The summed E-state index contributed by atoms with van der Waals surface area (Å²) < 4.78 is 10.9. The molecule has 7 heteroatoms. The molecule has 0 radical (unpaired) electrons. The SMILES string of the molecule is Cc1cccc(NC(=O)COC(=O)CCC(=O)Nc2ccc(Oc3c(C)cccc3C)cc2)c1. The maximum atomic E-state index is 12.2. The first-order chi connectivity index (χ1) is 16.3. The first kappa shape index (κ1) is 24.5. The van der Waals surface area contributed by atoms with Gasteiger partial charge < -0.3 is 20.1 Å². The van der Waals surface area contributed by atoms with Gasteiger partial charge in [0.1, 0.15) is 11.5 Å². The fourth-order valence-electron chi connectivity index (χ4n) is 3.26. The van der Waals surface area contributed by atoms with Gasteiger partial charge in [-0.05, 0) is 73.9 Å². The molecule has 0 heterocycles. The highest BCUT2D eigenvalue weighted by atomic mass is 16.5. The number of esters is 1. The molecular weight excluding hydrogens is 432 g/mol. The van der Waals surface area contributed by atoms with Crippen molar-refractivity contribution in [3.63, 3.8) is 0 Å². The van der Waals surface area contributed by atoms with Gasteiger partial charge in [0.25, 0.3) is 5.91 Å². The van der Waals surface area contributed by atoms with Crippen molar-refractivity contribution in [3.8, 4) is 11.5 Å².